The van der Waals surface area contributed by atoms with E-state index >= 15 is 0 Å². The molecule has 0 aliphatic rings. The summed E-state index contributed by atoms with van der Waals surface area (Å²) < 4.78 is 40.4. The predicted octanol–water partition coefficient (Wildman–Crippen LogP) is 3.44. The second-order valence-electron chi connectivity index (χ2n) is 3.55. The molecule has 0 heterocycles. The Hall–Kier alpha value is -2.24. The van der Waals surface area contributed by atoms with E-state index < -0.39 is 18.1 Å². The maximum absolute atomic E-state index is 12.2. The third-order valence-electron chi connectivity index (χ3n) is 2.31. The van der Waals surface area contributed by atoms with Gasteiger partial charge in [-0.25, -0.2) is 4.79 Å². The normalized spacial score (nSPS) is 11.5. The number of carboxylic acids is 1. The second kappa shape index (κ2) is 4.21. The highest BCUT2D eigenvalue weighted by molar-refractivity contribution is 5.96. The average molecular weight is 256 g/mol. The summed E-state index contributed by atoms with van der Waals surface area (Å²) >= 11 is 0. The van der Waals surface area contributed by atoms with Crippen molar-refractivity contribution in [3.63, 3.8) is 0 Å². The second-order valence-corrected chi connectivity index (χ2v) is 3.55. The largest absolute Gasteiger partial charge is 0.573 e. The molecule has 1 N–H and O–H groups in total. The van der Waals surface area contributed by atoms with Crippen LogP contribution in [0, 0.1) is 0 Å². The summed E-state index contributed by atoms with van der Waals surface area (Å²) in [4.78, 5) is 10.8. The Morgan fingerprint density at radius 3 is 2.50 bits per heavy atom. The molecular weight excluding hydrogens is 249 g/mol. The van der Waals surface area contributed by atoms with Crippen molar-refractivity contribution in [1.29, 1.82) is 0 Å². The number of hydrogen-bond donors (Lipinski definition) is 1. The molecule has 0 saturated heterocycles. The van der Waals surface area contributed by atoms with Gasteiger partial charge in [0.1, 0.15) is 5.75 Å². The molecule has 0 aliphatic heterocycles. The van der Waals surface area contributed by atoms with Crippen molar-refractivity contribution in [2.75, 3.05) is 0 Å². The van der Waals surface area contributed by atoms with Crippen LogP contribution in [-0.2, 0) is 0 Å². The summed E-state index contributed by atoms with van der Waals surface area (Å²) in [6.07, 6.45) is -4.81. The lowest BCUT2D eigenvalue weighted by Gasteiger charge is -2.11. The number of benzene rings is 2. The van der Waals surface area contributed by atoms with Crippen molar-refractivity contribution in [3.05, 3.63) is 42.0 Å². The molecule has 0 spiro atoms. The molecule has 18 heavy (non-hydrogen) atoms. The first-order valence-electron chi connectivity index (χ1n) is 4.88. The summed E-state index contributed by atoms with van der Waals surface area (Å²) in [6, 6.07) is 8.03. The fraction of sp³-hybridized carbons (Fsp3) is 0.0833. The average Bonchev–Trinajstić information content (AvgIpc) is 2.26. The van der Waals surface area contributed by atoms with E-state index in [1.807, 2.05) is 0 Å². The molecule has 2 rings (SSSR count). The van der Waals surface area contributed by atoms with E-state index in [0.717, 1.165) is 12.1 Å². The minimum Gasteiger partial charge on any atom is -0.478 e. The molecule has 2 aromatic rings. The van der Waals surface area contributed by atoms with Crippen LogP contribution in [0.5, 0.6) is 5.75 Å². The van der Waals surface area contributed by atoms with E-state index in [2.05, 4.69) is 4.74 Å². The van der Waals surface area contributed by atoms with Gasteiger partial charge in [0.25, 0.3) is 0 Å². The molecule has 0 amide bonds. The van der Waals surface area contributed by atoms with Gasteiger partial charge >= 0.3 is 12.3 Å². The molecule has 0 radical (unpaired) electrons. The zero-order valence-electron chi connectivity index (χ0n) is 8.86. The monoisotopic (exact) mass is 256 g/mol. The number of alkyl halides is 3. The minimum atomic E-state index is -4.81. The van der Waals surface area contributed by atoms with E-state index in [1.165, 1.54) is 18.2 Å². The number of carbonyl (C=O) groups is 1. The van der Waals surface area contributed by atoms with Gasteiger partial charge in [0.2, 0.25) is 0 Å². The first kappa shape index (κ1) is 12.2. The van der Waals surface area contributed by atoms with Crippen LogP contribution in [0.2, 0.25) is 0 Å². The van der Waals surface area contributed by atoms with Gasteiger partial charge in [0.15, 0.2) is 0 Å². The van der Waals surface area contributed by atoms with Gasteiger partial charge in [-0.15, -0.1) is 13.2 Å². The van der Waals surface area contributed by atoms with Crippen molar-refractivity contribution in [3.8, 4) is 5.75 Å². The molecule has 94 valence electrons. The topological polar surface area (TPSA) is 46.5 Å². The Kier molecular flexibility index (Phi) is 2.86. The van der Waals surface area contributed by atoms with Crippen molar-refractivity contribution in [2.45, 2.75) is 6.36 Å². The van der Waals surface area contributed by atoms with Crippen LogP contribution >= 0.6 is 0 Å². The van der Waals surface area contributed by atoms with E-state index in [1.54, 1.807) is 6.07 Å². The molecule has 3 nitrogen and oxygen atoms in total. The van der Waals surface area contributed by atoms with E-state index in [4.69, 9.17) is 5.11 Å². The van der Waals surface area contributed by atoms with Crippen molar-refractivity contribution >= 4 is 16.7 Å². The van der Waals surface area contributed by atoms with Crippen LogP contribution in [-0.4, -0.2) is 17.4 Å². The van der Waals surface area contributed by atoms with E-state index in [0.29, 0.717) is 5.39 Å². The van der Waals surface area contributed by atoms with E-state index in [9.17, 15) is 18.0 Å². The van der Waals surface area contributed by atoms with Crippen molar-refractivity contribution < 1.29 is 27.8 Å². The summed E-state index contributed by atoms with van der Waals surface area (Å²) in [5.41, 5.74) is -0.0966. The van der Waals surface area contributed by atoms with Crippen molar-refractivity contribution in [2.24, 2.45) is 0 Å². The molecule has 0 aliphatic carbocycles. The Bertz CT molecular complexity index is 605. The van der Waals surface area contributed by atoms with Crippen LogP contribution in [0.25, 0.3) is 10.8 Å². The number of hydrogen-bond acceptors (Lipinski definition) is 2. The lowest BCUT2D eigenvalue weighted by atomic mass is 10.1. The highest BCUT2D eigenvalue weighted by atomic mass is 19.4. The molecule has 2 aromatic carbocycles. The van der Waals surface area contributed by atoms with Gasteiger partial charge in [-0.3, -0.25) is 0 Å². The summed E-state index contributed by atoms with van der Waals surface area (Å²) in [5, 5.41) is 9.38. The first-order chi connectivity index (χ1) is 8.37. The molecule has 0 fully saturated rings. The van der Waals surface area contributed by atoms with Crippen LogP contribution < -0.4 is 4.74 Å². The van der Waals surface area contributed by atoms with Crippen LogP contribution in [0.3, 0.4) is 0 Å². The molecular formula is C12H7F3O3. The van der Waals surface area contributed by atoms with Crippen LogP contribution in [0.4, 0.5) is 13.2 Å². The van der Waals surface area contributed by atoms with Crippen LogP contribution in [0.1, 0.15) is 10.4 Å². The lowest BCUT2D eigenvalue weighted by molar-refractivity contribution is -0.274. The number of fused-ring (bicyclic) bond motifs is 1. The van der Waals surface area contributed by atoms with Crippen LogP contribution in [0.15, 0.2) is 36.4 Å². The summed E-state index contributed by atoms with van der Waals surface area (Å²) in [6.45, 7) is 0. The Morgan fingerprint density at radius 1 is 1.17 bits per heavy atom. The van der Waals surface area contributed by atoms with Gasteiger partial charge in [0, 0.05) is 5.39 Å². The van der Waals surface area contributed by atoms with Gasteiger partial charge in [-0.05, 0) is 23.6 Å². The van der Waals surface area contributed by atoms with Gasteiger partial charge < -0.3 is 9.84 Å². The maximum atomic E-state index is 12.2. The lowest BCUT2D eigenvalue weighted by Crippen LogP contribution is -2.17. The number of halogens is 3. The quantitative estimate of drug-likeness (QED) is 0.895. The zero-order chi connectivity index (χ0) is 13.3. The third-order valence-corrected chi connectivity index (χ3v) is 2.31. The van der Waals surface area contributed by atoms with Gasteiger partial charge in [-0.2, -0.15) is 0 Å². The minimum absolute atomic E-state index is 0.0966. The highest BCUT2D eigenvalue weighted by Crippen LogP contribution is 2.31. The number of rotatable bonds is 2. The molecule has 0 unspecified atom stereocenters. The SMILES string of the molecule is O=C(O)c1ccc2cccc(OC(F)(F)F)c2c1. The molecule has 0 atom stereocenters. The predicted molar refractivity (Wildman–Crippen MR) is 57.6 cm³/mol. The Balaban J connectivity index is 2.59. The van der Waals surface area contributed by atoms with E-state index in [-0.39, 0.29) is 10.9 Å². The smallest absolute Gasteiger partial charge is 0.478 e. The Labute approximate surface area is 99.4 Å². The fourth-order valence-electron chi connectivity index (χ4n) is 1.59. The summed E-state index contributed by atoms with van der Waals surface area (Å²) in [5.74, 6) is -1.62. The number of aromatic carboxylic acids is 1. The fourth-order valence-corrected chi connectivity index (χ4v) is 1.59. The maximum Gasteiger partial charge on any atom is 0.573 e. The third kappa shape index (κ3) is 2.53. The molecule has 0 saturated carbocycles. The van der Waals surface area contributed by atoms with Gasteiger partial charge in [0.05, 0.1) is 5.56 Å². The van der Waals surface area contributed by atoms with Gasteiger partial charge in [-0.1, -0.05) is 18.2 Å². The zero-order valence-corrected chi connectivity index (χ0v) is 8.86. The van der Waals surface area contributed by atoms with Crippen molar-refractivity contribution in [1.82, 2.24) is 0 Å². The number of carboxylic acid groups (broad SMARTS) is 1. The Morgan fingerprint density at radius 2 is 1.89 bits per heavy atom. The molecule has 0 aromatic heterocycles. The highest BCUT2D eigenvalue weighted by Gasteiger charge is 2.31. The summed E-state index contributed by atoms with van der Waals surface area (Å²) in [7, 11) is 0. The molecule has 6 heteroatoms. The molecule has 0 bridgehead atoms. The number of ether oxygens (including phenoxy) is 1. The first-order valence-corrected chi connectivity index (χ1v) is 4.88. The standard InChI is InChI=1S/C12H7F3O3/c13-12(14,15)18-10-3-1-2-7-4-5-8(11(16)17)6-9(7)10/h1-6H,(H,16,17).